The molecule has 4 aliphatic rings. The van der Waals surface area contributed by atoms with Crippen molar-refractivity contribution >= 4 is 128 Å². The van der Waals surface area contributed by atoms with Crippen LogP contribution in [-0.4, -0.2) is 175 Å². The summed E-state index contributed by atoms with van der Waals surface area (Å²) in [5.74, 6) is 15.7. The van der Waals surface area contributed by atoms with Crippen LogP contribution in [0.25, 0.3) is 47.6 Å². The van der Waals surface area contributed by atoms with Crippen molar-refractivity contribution in [3.63, 3.8) is 0 Å². The number of sulfone groups is 4. The van der Waals surface area contributed by atoms with Crippen molar-refractivity contribution in [3.05, 3.63) is 218 Å². The second kappa shape index (κ2) is 55.3. The van der Waals surface area contributed by atoms with E-state index in [4.69, 9.17) is 63.9 Å². The number of aliphatic imine (C=N–C) groups is 4. The van der Waals surface area contributed by atoms with E-state index >= 15 is 0 Å². The molecule has 8 heterocycles. The third-order valence-corrected chi connectivity index (χ3v) is 33.8. The fourth-order valence-corrected chi connectivity index (χ4v) is 20.6. The molecule has 0 amide bonds. The molecule has 0 fully saturated rings. The van der Waals surface area contributed by atoms with Gasteiger partial charge >= 0.3 is 138 Å². The smallest absolute Gasteiger partial charge is 1.00 e. The van der Waals surface area contributed by atoms with Gasteiger partial charge in [-0.3, -0.25) is 24.8 Å². The first-order valence-electron chi connectivity index (χ1n) is 44.7. The molecule has 786 valence electrons. The summed E-state index contributed by atoms with van der Waals surface area (Å²) in [5, 5.41) is 17.1. The number of aliphatic hydroxyl groups excluding tert-OH is 1. The van der Waals surface area contributed by atoms with Crippen LogP contribution in [0.3, 0.4) is 0 Å². The summed E-state index contributed by atoms with van der Waals surface area (Å²) in [6.45, 7) is 32.1. The Balaban J connectivity index is 0.000000489. The normalized spacial score (nSPS) is 20.9. The van der Waals surface area contributed by atoms with Crippen molar-refractivity contribution in [2.24, 2.45) is 42.9 Å². The van der Waals surface area contributed by atoms with Gasteiger partial charge in [0, 0.05) is 47.9 Å². The first kappa shape index (κ1) is 131. The van der Waals surface area contributed by atoms with E-state index < -0.39 is 156 Å². The molecule has 4 aromatic carbocycles. The Morgan fingerprint density at radius 2 is 0.608 bits per heavy atom. The Kier molecular flexibility index (Phi) is 48.9. The molecule has 0 saturated carbocycles. The van der Waals surface area contributed by atoms with Crippen LogP contribution in [0.15, 0.2) is 142 Å². The van der Waals surface area contributed by atoms with E-state index in [1.54, 1.807) is 27.7 Å². The van der Waals surface area contributed by atoms with Gasteiger partial charge in [0.1, 0.15) is 122 Å². The Morgan fingerprint density at radius 3 is 0.777 bits per heavy atom. The summed E-state index contributed by atoms with van der Waals surface area (Å²) in [5.41, 5.74) is 18.9. The third kappa shape index (κ3) is 34.1. The molecule has 0 bridgehead atoms. The number of benzene rings is 4. The predicted octanol–water partition coefficient (Wildman–Crippen LogP) is 9.62. The van der Waals surface area contributed by atoms with Crippen LogP contribution in [0.4, 0.5) is 35.1 Å². The van der Waals surface area contributed by atoms with Crippen LogP contribution in [0.5, 0.6) is 17.6 Å². The molecule has 0 spiro atoms. The maximum atomic E-state index is 14.9. The van der Waals surface area contributed by atoms with Gasteiger partial charge in [-0.15, -0.1) is 5.92 Å². The molecule has 12 rings (SSSR count). The van der Waals surface area contributed by atoms with Gasteiger partial charge in [0.15, 0.2) is 81.0 Å². The number of carbonyl (C=O) groups excluding carboxylic acids is 1. The van der Waals surface area contributed by atoms with E-state index in [9.17, 15) is 68.8 Å². The van der Waals surface area contributed by atoms with Crippen LogP contribution in [-0.2, 0) is 71.2 Å². The molecule has 0 aliphatic carbocycles. The number of amidine groups is 4. The van der Waals surface area contributed by atoms with Gasteiger partial charge in [0.25, 0.3) is 6.47 Å². The summed E-state index contributed by atoms with van der Waals surface area (Å²) in [7, 11) is -14.9. The standard InChI is InChI=1S/3C25H28F2N4O3S.C19H19ClF2N4O2S.C6H10O.CH2O3.CH4.2Cs.H/c3*1-6-7-8-16(2)34-22-14-29-21(13-30-22)20(27)12-17-9-10-19(26)18(11-17)25(5)15-35(32,33)24(3,4)23(28)31-25;1-18(2)17(23)26-19(3,10-29(18,27)28)12-6-11(4-5-13(12)21)7-14(22)15-8-25-16(20)9-24-15;1-3-4-5-6(2)7;2-1-4-3;;;;/h3*9-14,16H,6,15H2,1-5H3,(H2,28,31);4-9H,10H2,1-3H3,(H2,23,26);6-7H,3H2,1-2H3;1,3H;1H4;;;/q;;;;;;;2*+1;-1/p-1/b3*20-12-;14-7-;;;;;;/t16?,25-;16-,25+;16-,25-;19-;;;;;;/m0100....../s1. The molecular formula is C102H119ClCs2F8N16O15S4. The number of carbonyl (C=O) groups is 1. The minimum absolute atomic E-state index is 0. The number of aliphatic hydroxyl groups is 1. The first-order chi connectivity index (χ1) is 67.4. The van der Waals surface area contributed by atoms with Crippen molar-refractivity contribution in [2.75, 3.05) is 23.0 Å². The van der Waals surface area contributed by atoms with Crippen molar-refractivity contribution in [1.29, 1.82) is 0 Å². The molecule has 0 saturated heterocycles. The zero-order valence-corrected chi connectivity index (χ0v) is 102. The Hall–Kier alpha value is -9.30. The number of ether oxygens (including phenoxy) is 3. The minimum Gasteiger partial charge on any atom is -1.00 e. The number of aromatic nitrogens is 8. The fraction of sp³-hybridized carbons (Fsp3) is 0.402. The number of nitrogens with two attached hydrogens (primary N) is 4. The largest absolute Gasteiger partial charge is 1.00 e. The molecule has 8 atom stereocenters. The summed E-state index contributed by atoms with van der Waals surface area (Å²) in [4.78, 5) is 60.4. The van der Waals surface area contributed by atoms with E-state index in [-0.39, 0.29) is 263 Å². The molecule has 148 heavy (non-hydrogen) atoms. The summed E-state index contributed by atoms with van der Waals surface area (Å²) in [6, 6.07) is 15.4. The molecule has 46 heteroatoms. The van der Waals surface area contributed by atoms with Crippen molar-refractivity contribution in [3.8, 4) is 65.0 Å². The third-order valence-electron chi connectivity index (χ3n) is 22.7. The van der Waals surface area contributed by atoms with Crippen molar-refractivity contribution in [2.45, 2.75) is 237 Å². The molecule has 4 aliphatic heterocycles. The van der Waals surface area contributed by atoms with Gasteiger partial charge in [-0.1, -0.05) is 112 Å². The van der Waals surface area contributed by atoms with Crippen molar-refractivity contribution in [1.82, 2.24) is 39.9 Å². The van der Waals surface area contributed by atoms with Gasteiger partial charge < -0.3 is 53.8 Å². The van der Waals surface area contributed by atoms with Gasteiger partial charge in [-0.2, -0.15) is 0 Å². The SMILES string of the molecule is C.CC1(C)C(N)=N[C@](C)(c2cc(/C=C(\F)c3cnc(Cl)cn3)ccc2F)CS1(=O)=O.CCC#CC(C)O.CCC#CC(C)Oc1cnc(/C(F)=C/c2ccc(F)c([C@]3(C)CS(=O)(=O)C(C)(C)C(N)=N3)c2)cn1.CCC#C[C@@H](C)Oc1cnc(/C(F)=C/c2ccc(F)c([C@]3(C)CS(=O)(=O)C(C)(C)C(N)=N3)c2)cn1.CCC#C[C@H](C)Oc1cnc(/C(F)=C/c2ccc(F)c([C@]3(C)CS(=O)(=O)C(C)(C)C(N)=N3)c2)cn1.O=CO[O-].[Cs+].[Cs+].[H-]. The zero-order valence-electron chi connectivity index (χ0n) is 86.3. The quantitative estimate of drug-likeness (QED) is 0.0165. The van der Waals surface area contributed by atoms with Gasteiger partial charge in [-0.25, -0.2) is 109 Å². The average Bonchev–Trinajstić information content (AvgIpc) is 0.746. The molecule has 9 N–H and O–H groups in total. The summed E-state index contributed by atoms with van der Waals surface area (Å²) in [6.07, 6.45) is 15.8. The molecule has 4 aromatic heterocycles. The number of hydrogen-bond acceptors (Lipinski definition) is 31. The Bertz CT molecular complexity index is 6650. The van der Waals surface area contributed by atoms with Crippen LogP contribution in [0.1, 0.15) is 240 Å². The Labute approximate surface area is 984 Å². The molecule has 0 radical (unpaired) electrons. The average molecular weight is 2390 g/mol. The maximum Gasteiger partial charge on any atom is 1.00 e. The topological polar surface area (TPSA) is 490 Å². The van der Waals surface area contributed by atoms with E-state index in [0.29, 0.717) is 41.5 Å². The van der Waals surface area contributed by atoms with E-state index in [2.05, 4.69) is 112 Å². The van der Waals surface area contributed by atoms with Crippen LogP contribution in [0.2, 0.25) is 5.15 Å². The fourth-order valence-electron chi connectivity index (χ4n) is 13.7. The van der Waals surface area contributed by atoms with E-state index in [1.807, 2.05) is 27.7 Å². The van der Waals surface area contributed by atoms with Gasteiger partial charge in [0.2, 0.25) is 17.6 Å². The second-order valence-electron chi connectivity index (χ2n) is 35.9. The molecule has 2 unspecified atom stereocenters. The Morgan fingerprint density at radius 1 is 0.399 bits per heavy atom. The number of rotatable bonds is 19. The summed E-state index contributed by atoms with van der Waals surface area (Å²) < 4.78 is 232. The minimum atomic E-state index is -3.73. The monoisotopic (exact) mass is 2390 g/mol. The predicted molar refractivity (Wildman–Crippen MR) is 551 cm³/mol. The number of hydrogen-bond donors (Lipinski definition) is 5. The number of halogens is 9. The maximum absolute atomic E-state index is 14.9. The first-order valence-corrected chi connectivity index (χ1v) is 51.7. The van der Waals surface area contributed by atoms with E-state index in [1.165, 1.54) is 181 Å². The number of nitrogens with zero attached hydrogens (tertiary/aromatic N) is 12. The van der Waals surface area contributed by atoms with Gasteiger partial charge in [0.05, 0.1) is 72.6 Å². The van der Waals surface area contributed by atoms with Crippen molar-refractivity contribution < 1.29 is 242 Å². The van der Waals surface area contributed by atoms with Crippen LogP contribution >= 0.6 is 11.6 Å². The van der Waals surface area contributed by atoms with Gasteiger partial charge in [-0.05, 0) is 206 Å². The van der Waals surface area contributed by atoms with E-state index in [0.717, 1.165) is 55.0 Å². The van der Waals surface area contributed by atoms with Crippen LogP contribution < -0.4 is 180 Å². The molecular weight excluding hydrogens is 2270 g/mol. The second-order valence-corrected chi connectivity index (χ2v) is 46.4. The molecule has 8 aromatic rings. The zero-order chi connectivity index (χ0) is 109. The summed E-state index contributed by atoms with van der Waals surface area (Å²) >= 11 is 5.64. The molecule has 31 nitrogen and oxygen atoms in total. The van der Waals surface area contributed by atoms with Crippen LogP contribution in [0, 0.1) is 70.6 Å².